The number of hydrogen-bond donors (Lipinski definition) is 0. The second-order valence-electron chi connectivity index (χ2n) is 6.03. The van der Waals surface area contributed by atoms with Crippen molar-refractivity contribution in [1.82, 2.24) is 9.80 Å². The molecule has 1 heterocycles. The van der Waals surface area contributed by atoms with E-state index in [2.05, 4.69) is 6.92 Å². The number of halogens is 1. The average molecular weight is 320 g/mol. The Morgan fingerprint density at radius 2 is 1.78 bits per heavy atom. The normalized spacial score (nSPS) is 15.4. The average Bonchev–Trinajstić information content (AvgIpc) is 2.78. The number of benzene rings is 1. The lowest BCUT2D eigenvalue weighted by molar-refractivity contribution is -0.133. The molecule has 2 rings (SSSR count). The number of nitrogens with zero attached hydrogens (tertiary/aromatic N) is 2. The smallest absolute Gasteiger partial charge is 0.227 e. The van der Waals surface area contributed by atoms with Crippen molar-refractivity contribution in [2.45, 2.75) is 39.0 Å². The van der Waals surface area contributed by atoms with E-state index in [1.165, 1.54) is 12.1 Å². The predicted octanol–water partition coefficient (Wildman–Crippen LogP) is 2.62. The molecule has 4 nitrogen and oxygen atoms in total. The molecule has 0 saturated carbocycles. The first kappa shape index (κ1) is 17.4. The standard InChI is InChI=1S/C18H25FN2O2/c1-2-3-8-17(22)20-9-5-10-21(12-11-20)18(23)14-15-6-4-7-16(19)13-15/h4,6-7,13H,2-3,5,8-12,14H2,1H3. The number of carbonyl (C=O) groups is 2. The number of rotatable bonds is 5. The largest absolute Gasteiger partial charge is 0.341 e. The first-order chi connectivity index (χ1) is 11.1. The van der Waals surface area contributed by atoms with Gasteiger partial charge in [0.05, 0.1) is 6.42 Å². The third-order valence-corrected chi connectivity index (χ3v) is 4.19. The molecule has 0 radical (unpaired) electrons. The van der Waals surface area contributed by atoms with Gasteiger partial charge in [-0.2, -0.15) is 0 Å². The Morgan fingerprint density at radius 1 is 1.09 bits per heavy atom. The minimum Gasteiger partial charge on any atom is -0.341 e. The fourth-order valence-electron chi connectivity index (χ4n) is 2.84. The molecule has 1 aliphatic rings. The van der Waals surface area contributed by atoms with Crippen LogP contribution in [0.25, 0.3) is 0 Å². The molecule has 0 aromatic heterocycles. The van der Waals surface area contributed by atoms with Crippen molar-refractivity contribution in [3.63, 3.8) is 0 Å². The predicted molar refractivity (Wildman–Crippen MR) is 87.4 cm³/mol. The van der Waals surface area contributed by atoms with Crippen LogP contribution in [-0.2, 0) is 16.0 Å². The summed E-state index contributed by atoms with van der Waals surface area (Å²) in [6, 6.07) is 6.16. The van der Waals surface area contributed by atoms with Crippen molar-refractivity contribution in [2.75, 3.05) is 26.2 Å². The van der Waals surface area contributed by atoms with Crippen molar-refractivity contribution < 1.29 is 14.0 Å². The Kier molecular flexibility index (Phi) is 6.56. The Hall–Kier alpha value is -1.91. The molecule has 2 amide bonds. The van der Waals surface area contributed by atoms with Gasteiger partial charge in [0.1, 0.15) is 5.82 Å². The van der Waals surface area contributed by atoms with Gasteiger partial charge in [0, 0.05) is 32.6 Å². The number of hydrogen-bond acceptors (Lipinski definition) is 2. The Bertz CT molecular complexity index is 548. The highest BCUT2D eigenvalue weighted by Gasteiger charge is 2.21. The van der Waals surface area contributed by atoms with Gasteiger partial charge in [0.2, 0.25) is 11.8 Å². The fraction of sp³-hybridized carbons (Fsp3) is 0.556. The second kappa shape index (κ2) is 8.65. The van der Waals surface area contributed by atoms with E-state index in [9.17, 15) is 14.0 Å². The van der Waals surface area contributed by atoms with Crippen molar-refractivity contribution in [3.05, 3.63) is 35.6 Å². The third-order valence-electron chi connectivity index (χ3n) is 4.19. The molecule has 0 bridgehead atoms. The number of carbonyl (C=O) groups excluding carboxylic acids is 2. The molecule has 1 saturated heterocycles. The van der Waals surface area contributed by atoms with Crippen molar-refractivity contribution in [3.8, 4) is 0 Å². The lowest BCUT2D eigenvalue weighted by atomic mass is 10.1. The molecule has 1 aromatic rings. The van der Waals surface area contributed by atoms with Crippen LogP contribution >= 0.6 is 0 Å². The molecule has 5 heteroatoms. The van der Waals surface area contributed by atoms with Gasteiger partial charge in [-0.1, -0.05) is 25.5 Å². The summed E-state index contributed by atoms with van der Waals surface area (Å²) in [6.45, 7) is 4.60. The topological polar surface area (TPSA) is 40.6 Å². The molecular formula is C18H25FN2O2. The van der Waals surface area contributed by atoms with Gasteiger partial charge >= 0.3 is 0 Å². The van der Waals surface area contributed by atoms with Crippen LogP contribution in [0, 0.1) is 5.82 Å². The zero-order valence-corrected chi connectivity index (χ0v) is 13.8. The van der Waals surface area contributed by atoms with E-state index in [0.717, 1.165) is 19.3 Å². The molecule has 0 atom stereocenters. The van der Waals surface area contributed by atoms with Crippen LogP contribution in [0.15, 0.2) is 24.3 Å². The van der Waals surface area contributed by atoms with Gasteiger partial charge in [-0.3, -0.25) is 9.59 Å². The summed E-state index contributed by atoms with van der Waals surface area (Å²) in [5.74, 6) is -0.136. The van der Waals surface area contributed by atoms with Gasteiger partial charge < -0.3 is 9.80 Å². The fourth-order valence-corrected chi connectivity index (χ4v) is 2.84. The van der Waals surface area contributed by atoms with E-state index in [4.69, 9.17) is 0 Å². The summed E-state index contributed by atoms with van der Waals surface area (Å²) in [7, 11) is 0. The highest BCUT2D eigenvalue weighted by Crippen LogP contribution is 2.10. The van der Waals surface area contributed by atoms with Crippen molar-refractivity contribution in [1.29, 1.82) is 0 Å². The van der Waals surface area contributed by atoms with Crippen LogP contribution in [0.4, 0.5) is 4.39 Å². The summed E-state index contributed by atoms with van der Waals surface area (Å²) >= 11 is 0. The maximum Gasteiger partial charge on any atom is 0.227 e. The van der Waals surface area contributed by atoms with E-state index < -0.39 is 0 Å². The zero-order valence-electron chi connectivity index (χ0n) is 13.8. The summed E-state index contributed by atoms with van der Waals surface area (Å²) < 4.78 is 13.2. The van der Waals surface area contributed by atoms with E-state index in [1.54, 1.807) is 17.0 Å². The zero-order chi connectivity index (χ0) is 16.7. The molecule has 1 fully saturated rings. The van der Waals surface area contributed by atoms with Gasteiger partial charge in [0.25, 0.3) is 0 Å². The Labute approximate surface area is 137 Å². The quantitative estimate of drug-likeness (QED) is 0.837. The molecule has 1 aliphatic heterocycles. The first-order valence-electron chi connectivity index (χ1n) is 8.40. The van der Waals surface area contributed by atoms with E-state index in [1.807, 2.05) is 4.90 Å². The lowest BCUT2D eigenvalue weighted by Crippen LogP contribution is -2.37. The van der Waals surface area contributed by atoms with Crippen LogP contribution in [0.2, 0.25) is 0 Å². The van der Waals surface area contributed by atoms with Gasteiger partial charge in [-0.05, 0) is 30.5 Å². The lowest BCUT2D eigenvalue weighted by Gasteiger charge is -2.22. The van der Waals surface area contributed by atoms with Crippen LogP contribution in [-0.4, -0.2) is 47.8 Å². The van der Waals surface area contributed by atoms with Crippen LogP contribution < -0.4 is 0 Å². The summed E-state index contributed by atoms with van der Waals surface area (Å²) in [5, 5.41) is 0. The summed E-state index contributed by atoms with van der Waals surface area (Å²) in [6.07, 6.45) is 3.53. The Balaban J connectivity index is 1.87. The van der Waals surface area contributed by atoms with E-state index in [-0.39, 0.29) is 24.1 Å². The van der Waals surface area contributed by atoms with Crippen LogP contribution in [0.5, 0.6) is 0 Å². The van der Waals surface area contributed by atoms with Crippen molar-refractivity contribution >= 4 is 11.8 Å². The monoisotopic (exact) mass is 320 g/mol. The number of unbranched alkanes of at least 4 members (excludes halogenated alkanes) is 1. The molecule has 126 valence electrons. The minimum atomic E-state index is -0.320. The second-order valence-corrected chi connectivity index (χ2v) is 6.03. The van der Waals surface area contributed by atoms with Crippen LogP contribution in [0.3, 0.4) is 0 Å². The maximum absolute atomic E-state index is 13.2. The third kappa shape index (κ3) is 5.34. The molecule has 0 unspecified atom stereocenters. The SMILES string of the molecule is CCCCC(=O)N1CCCN(C(=O)Cc2cccc(F)c2)CC1. The molecule has 0 spiro atoms. The minimum absolute atomic E-state index is 0.00143. The highest BCUT2D eigenvalue weighted by atomic mass is 19.1. The van der Waals surface area contributed by atoms with E-state index in [0.29, 0.717) is 38.2 Å². The Morgan fingerprint density at radius 3 is 2.43 bits per heavy atom. The van der Waals surface area contributed by atoms with Gasteiger partial charge in [0.15, 0.2) is 0 Å². The first-order valence-corrected chi connectivity index (χ1v) is 8.40. The molecule has 0 N–H and O–H groups in total. The van der Waals surface area contributed by atoms with Crippen LogP contribution in [0.1, 0.15) is 38.2 Å². The molecule has 1 aromatic carbocycles. The molecule has 23 heavy (non-hydrogen) atoms. The molecular weight excluding hydrogens is 295 g/mol. The summed E-state index contributed by atoms with van der Waals surface area (Å²) in [5.41, 5.74) is 0.690. The van der Waals surface area contributed by atoms with Crippen molar-refractivity contribution in [2.24, 2.45) is 0 Å². The summed E-state index contributed by atoms with van der Waals surface area (Å²) in [4.78, 5) is 28.1. The van der Waals surface area contributed by atoms with E-state index >= 15 is 0 Å². The van der Waals surface area contributed by atoms with Gasteiger partial charge in [-0.15, -0.1) is 0 Å². The molecule has 0 aliphatic carbocycles. The number of amides is 2. The van der Waals surface area contributed by atoms with Gasteiger partial charge in [-0.25, -0.2) is 4.39 Å². The highest BCUT2D eigenvalue weighted by molar-refractivity contribution is 5.79. The maximum atomic E-state index is 13.2.